The van der Waals surface area contributed by atoms with Gasteiger partial charge < -0.3 is 15.8 Å². The lowest BCUT2D eigenvalue weighted by Gasteiger charge is -2.18. The number of benzene rings is 1. The minimum absolute atomic E-state index is 0.303. The van der Waals surface area contributed by atoms with E-state index in [0.29, 0.717) is 13.0 Å². The van der Waals surface area contributed by atoms with E-state index in [9.17, 15) is 4.79 Å². The summed E-state index contributed by atoms with van der Waals surface area (Å²) in [5.41, 5.74) is 8.25. The molecule has 0 heterocycles. The number of amides is 1. The summed E-state index contributed by atoms with van der Waals surface area (Å²) in [4.78, 5) is 11.3. The molecule has 4 nitrogen and oxygen atoms in total. The summed E-state index contributed by atoms with van der Waals surface area (Å²) in [5, 5.41) is 3.15. The van der Waals surface area contributed by atoms with E-state index in [0.717, 1.165) is 25.1 Å². The molecular formula is C17H26N2O2. The van der Waals surface area contributed by atoms with Crippen molar-refractivity contribution >= 4 is 5.91 Å². The Kier molecular flexibility index (Phi) is 6.05. The van der Waals surface area contributed by atoms with Gasteiger partial charge in [-0.05, 0) is 61.9 Å². The zero-order valence-corrected chi connectivity index (χ0v) is 12.9. The minimum atomic E-state index is -0.308. The largest absolute Gasteiger partial charge is 0.494 e. The highest BCUT2D eigenvalue weighted by molar-refractivity contribution is 5.79. The number of ether oxygens (including phenoxy) is 1. The van der Waals surface area contributed by atoms with Crippen molar-refractivity contribution in [1.82, 2.24) is 5.32 Å². The first-order chi connectivity index (χ1) is 10.2. The van der Waals surface area contributed by atoms with Crippen molar-refractivity contribution in [3.63, 3.8) is 0 Å². The van der Waals surface area contributed by atoms with E-state index in [1.165, 1.54) is 30.4 Å². The molecule has 1 unspecified atom stereocenters. The van der Waals surface area contributed by atoms with Crippen LogP contribution in [0.2, 0.25) is 0 Å². The van der Waals surface area contributed by atoms with Gasteiger partial charge in [-0.1, -0.05) is 13.0 Å². The molecule has 1 amide bonds. The molecule has 1 aliphatic carbocycles. The number of aryl methyl sites for hydroxylation is 2. The van der Waals surface area contributed by atoms with Crippen LogP contribution in [0.5, 0.6) is 5.75 Å². The molecule has 0 aliphatic heterocycles. The highest BCUT2D eigenvalue weighted by atomic mass is 16.5. The van der Waals surface area contributed by atoms with Gasteiger partial charge >= 0.3 is 0 Å². The molecule has 116 valence electrons. The van der Waals surface area contributed by atoms with Gasteiger partial charge in [0.1, 0.15) is 5.75 Å². The topological polar surface area (TPSA) is 64.3 Å². The predicted molar refractivity (Wildman–Crippen MR) is 84.5 cm³/mol. The Morgan fingerprint density at radius 1 is 1.33 bits per heavy atom. The zero-order chi connectivity index (χ0) is 15.1. The molecule has 0 spiro atoms. The third-order valence-corrected chi connectivity index (χ3v) is 3.98. The van der Waals surface area contributed by atoms with Crippen LogP contribution in [-0.4, -0.2) is 25.1 Å². The molecule has 1 atom stereocenters. The fraction of sp³-hybridized carbons (Fsp3) is 0.588. The van der Waals surface area contributed by atoms with E-state index in [2.05, 4.69) is 24.4 Å². The maximum absolute atomic E-state index is 11.3. The highest BCUT2D eigenvalue weighted by Gasteiger charge is 2.14. The van der Waals surface area contributed by atoms with Crippen LogP contribution in [0.25, 0.3) is 0 Å². The van der Waals surface area contributed by atoms with Crippen LogP contribution < -0.4 is 15.8 Å². The summed E-state index contributed by atoms with van der Waals surface area (Å²) in [6.45, 7) is 3.37. The lowest BCUT2D eigenvalue weighted by Crippen LogP contribution is -2.42. The molecular weight excluding hydrogens is 264 g/mol. The number of carbonyl (C=O) groups excluding carboxylic acids is 1. The molecule has 2 rings (SSSR count). The standard InChI is InChI=1S/C17H26N2O2/c1-2-10-19-16(17(18)20)9-11-21-15-8-7-13-5-3-4-6-14(13)12-15/h7-8,12,16,19H,2-6,9-11H2,1H3,(H2,18,20). The molecule has 3 N–H and O–H groups in total. The Morgan fingerprint density at radius 2 is 2.10 bits per heavy atom. The number of rotatable bonds is 8. The van der Waals surface area contributed by atoms with Crippen LogP contribution in [-0.2, 0) is 17.6 Å². The van der Waals surface area contributed by atoms with Crippen molar-refractivity contribution in [2.45, 2.75) is 51.5 Å². The second-order valence-corrected chi connectivity index (χ2v) is 5.68. The number of nitrogens with two attached hydrogens (primary N) is 1. The van der Waals surface area contributed by atoms with Crippen LogP contribution in [0.1, 0.15) is 43.7 Å². The Morgan fingerprint density at radius 3 is 2.81 bits per heavy atom. The van der Waals surface area contributed by atoms with Crippen molar-refractivity contribution in [3.8, 4) is 5.75 Å². The van der Waals surface area contributed by atoms with Crippen LogP contribution in [0.4, 0.5) is 0 Å². The molecule has 0 bridgehead atoms. The Hall–Kier alpha value is -1.55. The van der Waals surface area contributed by atoms with Crippen molar-refractivity contribution in [1.29, 1.82) is 0 Å². The summed E-state index contributed by atoms with van der Waals surface area (Å²) >= 11 is 0. The summed E-state index contributed by atoms with van der Waals surface area (Å²) in [5.74, 6) is 0.590. The predicted octanol–water partition coefficient (Wildman–Crippen LogP) is 2.19. The quantitative estimate of drug-likeness (QED) is 0.771. The summed E-state index contributed by atoms with van der Waals surface area (Å²) in [6.07, 6.45) is 6.47. The average molecular weight is 290 g/mol. The first-order valence-corrected chi connectivity index (χ1v) is 7.98. The van der Waals surface area contributed by atoms with Gasteiger partial charge in [-0.2, -0.15) is 0 Å². The van der Waals surface area contributed by atoms with Gasteiger partial charge in [-0.25, -0.2) is 0 Å². The summed E-state index contributed by atoms with van der Waals surface area (Å²) < 4.78 is 5.78. The molecule has 1 aliphatic rings. The lowest BCUT2D eigenvalue weighted by molar-refractivity contribution is -0.120. The van der Waals surface area contributed by atoms with Crippen LogP contribution >= 0.6 is 0 Å². The van der Waals surface area contributed by atoms with E-state index in [1.807, 2.05) is 6.07 Å². The van der Waals surface area contributed by atoms with E-state index in [-0.39, 0.29) is 11.9 Å². The van der Waals surface area contributed by atoms with Crippen LogP contribution in [0.3, 0.4) is 0 Å². The van der Waals surface area contributed by atoms with E-state index in [1.54, 1.807) is 0 Å². The van der Waals surface area contributed by atoms with Gasteiger partial charge in [-0.3, -0.25) is 4.79 Å². The summed E-state index contributed by atoms with van der Waals surface area (Å²) in [7, 11) is 0. The number of primary amides is 1. The Labute approximate surface area is 127 Å². The molecule has 0 aromatic heterocycles. The van der Waals surface area contributed by atoms with Crippen LogP contribution in [0, 0.1) is 0 Å². The second kappa shape index (κ2) is 8.03. The maximum atomic E-state index is 11.3. The molecule has 21 heavy (non-hydrogen) atoms. The van der Waals surface area contributed by atoms with Gasteiger partial charge in [0.25, 0.3) is 0 Å². The van der Waals surface area contributed by atoms with Crippen molar-refractivity contribution < 1.29 is 9.53 Å². The zero-order valence-electron chi connectivity index (χ0n) is 12.9. The van der Waals surface area contributed by atoms with Crippen molar-refractivity contribution in [2.75, 3.05) is 13.2 Å². The summed E-state index contributed by atoms with van der Waals surface area (Å²) in [6, 6.07) is 6.04. The first kappa shape index (κ1) is 15.8. The lowest BCUT2D eigenvalue weighted by atomic mass is 9.92. The van der Waals surface area contributed by atoms with E-state index >= 15 is 0 Å². The number of hydrogen-bond acceptors (Lipinski definition) is 3. The fourth-order valence-electron chi connectivity index (χ4n) is 2.76. The first-order valence-electron chi connectivity index (χ1n) is 7.98. The highest BCUT2D eigenvalue weighted by Crippen LogP contribution is 2.25. The molecule has 1 aromatic carbocycles. The van der Waals surface area contributed by atoms with Gasteiger partial charge in [0.15, 0.2) is 0 Å². The Bertz CT molecular complexity index is 474. The second-order valence-electron chi connectivity index (χ2n) is 5.68. The number of fused-ring (bicyclic) bond motifs is 1. The molecule has 0 saturated heterocycles. The normalized spacial score (nSPS) is 15.3. The van der Waals surface area contributed by atoms with Gasteiger partial charge in [0.05, 0.1) is 12.6 Å². The van der Waals surface area contributed by atoms with Crippen molar-refractivity contribution in [3.05, 3.63) is 29.3 Å². The number of carbonyl (C=O) groups is 1. The Balaban J connectivity index is 1.83. The average Bonchev–Trinajstić information content (AvgIpc) is 2.50. The SMILES string of the molecule is CCCNC(CCOc1ccc2c(c1)CCCC2)C(N)=O. The third kappa shape index (κ3) is 4.74. The fourth-order valence-corrected chi connectivity index (χ4v) is 2.76. The maximum Gasteiger partial charge on any atom is 0.234 e. The monoisotopic (exact) mass is 290 g/mol. The third-order valence-electron chi connectivity index (χ3n) is 3.98. The molecule has 4 heteroatoms. The molecule has 0 saturated carbocycles. The number of hydrogen-bond donors (Lipinski definition) is 2. The van der Waals surface area contributed by atoms with Crippen LogP contribution in [0.15, 0.2) is 18.2 Å². The molecule has 0 radical (unpaired) electrons. The molecule has 1 aromatic rings. The van der Waals surface area contributed by atoms with Gasteiger partial charge in [-0.15, -0.1) is 0 Å². The van der Waals surface area contributed by atoms with Gasteiger partial charge in [0.2, 0.25) is 5.91 Å². The minimum Gasteiger partial charge on any atom is -0.494 e. The smallest absolute Gasteiger partial charge is 0.234 e. The van der Waals surface area contributed by atoms with E-state index in [4.69, 9.17) is 10.5 Å². The van der Waals surface area contributed by atoms with E-state index < -0.39 is 0 Å². The van der Waals surface area contributed by atoms with Crippen molar-refractivity contribution in [2.24, 2.45) is 5.73 Å². The number of nitrogens with one attached hydrogen (secondary N) is 1. The van der Waals surface area contributed by atoms with Gasteiger partial charge in [0, 0.05) is 6.42 Å². The molecule has 0 fully saturated rings.